The number of carbonyl (C=O) groups is 1. The van der Waals surface area contributed by atoms with E-state index in [4.69, 9.17) is 17.3 Å². The van der Waals surface area contributed by atoms with Crippen LogP contribution in [0.4, 0.5) is 24.5 Å². The van der Waals surface area contributed by atoms with Crippen molar-refractivity contribution >= 4 is 28.9 Å². The molecule has 104 valence electrons. The van der Waals surface area contributed by atoms with Gasteiger partial charge in [-0.3, -0.25) is 4.79 Å². The molecule has 0 saturated carbocycles. The van der Waals surface area contributed by atoms with Gasteiger partial charge in [0.05, 0.1) is 0 Å². The molecule has 0 aliphatic heterocycles. The van der Waals surface area contributed by atoms with E-state index in [1.165, 1.54) is 18.2 Å². The van der Waals surface area contributed by atoms with Gasteiger partial charge in [0.2, 0.25) is 0 Å². The van der Waals surface area contributed by atoms with Crippen molar-refractivity contribution in [1.29, 1.82) is 0 Å². The van der Waals surface area contributed by atoms with E-state index in [9.17, 15) is 18.0 Å². The lowest BCUT2D eigenvalue weighted by atomic mass is 10.2. The fraction of sp³-hybridized carbons (Fsp3) is 0. The van der Waals surface area contributed by atoms with Gasteiger partial charge in [0, 0.05) is 34.1 Å². The van der Waals surface area contributed by atoms with Crippen LogP contribution in [0.25, 0.3) is 0 Å². The highest BCUT2D eigenvalue weighted by atomic mass is 35.5. The Bertz CT molecular complexity index is 648. The second-order valence-electron chi connectivity index (χ2n) is 3.98. The average Bonchev–Trinajstić information content (AvgIpc) is 2.34. The smallest absolute Gasteiger partial charge is 0.255 e. The molecule has 0 saturated heterocycles. The van der Waals surface area contributed by atoms with Crippen LogP contribution in [-0.2, 0) is 0 Å². The first kappa shape index (κ1) is 14.2. The minimum atomic E-state index is -1.60. The third-order valence-electron chi connectivity index (χ3n) is 2.42. The molecule has 2 rings (SSSR count). The van der Waals surface area contributed by atoms with Crippen LogP contribution in [-0.4, -0.2) is 5.91 Å². The summed E-state index contributed by atoms with van der Waals surface area (Å²) in [6, 6.07) is 5.46. The molecule has 0 unspecified atom stereocenters. The number of amides is 1. The molecule has 0 aliphatic rings. The summed E-state index contributed by atoms with van der Waals surface area (Å²) >= 11 is 5.74. The van der Waals surface area contributed by atoms with Crippen molar-refractivity contribution in [3.05, 3.63) is 58.4 Å². The zero-order valence-corrected chi connectivity index (χ0v) is 10.6. The molecule has 0 bridgehead atoms. The van der Waals surface area contributed by atoms with Crippen LogP contribution in [0.15, 0.2) is 30.3 Å². The summed E-state index contributed by atoms with van der Waals surface area (Å²) in [6.07, 6.45) is 0. The molecule has 20 heavy (non-hydrogen) atoms. The summed E-state index contributed by atoms with van der Waals surface area (Å²) in [7, 11) is 0. The van der Waals surface area contributed by atoms with Gasteiger partial charge in [-0.25, -0.2) is 13.2 Å². The van der Waals surface area contributed by atoms with Crippen LogP contribution in [0, 0.1) is 17.5 Å². The van der Waals surface area contributed by atoms with Gasteiger partial charge in [-0.15, -0.1) is 0 Å². The SMILES string of the molecule is Nc1cc(Cl)cc(C(=O)Nc2cc(F)c(F)c(F)c2)c1. The van der Waals surface area contributed by atoms with Crippen LogP contribution in [0.3, 0.4) is 0 Å². The van der Waals surface area contributed by atoms with Gasteiger partial charge in [0.15, 0.2) is 17.5 Å². The molecular weight excluding hydrogens is 293 g/mol. The highest BCUT2D eigenvalue weighted by molar-refractivity contribution is 6.31. The average molecular weight is 301 g/mol. The van der Waals surface area contributed by atoms with Crippen molar-refractivity contribution in [2.24, 2.45) is 0 Å². The number of rotatable bonds is 2. The number of anilines is 2. The molecule has 2 aromatic rings. The predicted molar refractivity (Wildman–Crippen MR) is 70.1 cm³/mol. The summed E-state index contributed by atoms with van der Waals surface area (Å²) in [5.41, 5.74) is 5.68. The second-order valence-corrected chi connectivity index (χ2v) is 4.42. The van der Waals surface area contributed by atoms with Gasteiger partial charge >= 0.3 is 0 Å². The van der Waals surface area contributed by atoms with E-state index >= 15 is 0 Å². The van der Waals surface area contributed by atoms with E-state index in [0.29, 0.717) is 12.1 Å². The molecule has 0 heterocycles. The summed E-state index contributed by atoms with van der Waals surface area (Å²) < 4.78 is 38.8. The molecule has 3 nitrogen and oxygen atoms in total. The van der Waals surface area contributed by atoms with Crippen molar-refractivity contribution in [2.75, 3.05) is 11.1 Å². The number of hydrogen-bond donors (Lipinski definition) is 2. The zero-order chi connectivity index (χ0) is 14.9. The normalized spacial score (nSPS) is 10.4. The summed E-state index contributed by atoms with van der Waals surface area (Å²) in [4.78, 5) is 11.9. The van der Waals surface area contributed by atoms with E-state index in [1.54, 1.807) is 0 Å². The van der Waals surface area contributed by atoms with Crippen molar-refractivity contribution in [1.82, 2.24) is 0 Å². The lowest BCUT2D eigenvalue weighted by Crippen LogP contribution is -2.13. The van der Waals surface area contributed by atoms with Crippen LogP contribution in [0.2, 0.25) is 5.02 Å². The number of nitrogen functional groups attached to an aromatic ring is 1. The first-order valence-electron chi connectivity index (χ1n) is 5.39. The largest absolute Gasteiger partial charge is 0.399 e. The first-order valence-corrected chi connectivity index (χ1v) is 5.76. The number of hydrogen-bond acceptors (Lipinski definition) is 2. The van der Waals surface area contributed by atoms with Gasteiger partial charge in [0.25, 0.3) is 5.91 Å². The number of nitrogens with one attached hydrogen (secondary N) is 1. The number of nitrogens with two attached hydrogens (primary N) is 1. The van der Waals surface area contributed by atoms with Crippen LogP contribution in [0.1, 0.15) is 10.4 Å². The van der Waals surface area contributed by atoms with Crippen molar-refractivity contribution in [3.63, 3.8) is 0 Å². The molecule has 3 N–H and O–H groups in total. The Morgan fingerprint density at radius 2 is 1.65 bits per heavy atom. The second kappa shape index (κ2) is 5.42. The molecule has 0 spiro atoms. The maximum atomic E-state index is 13.0. The zero-order valence-electron chi connectivity index (χ0n) is 9.88. The Hall–Kier alpha value is -2.21. The molecule has 0 aliphatic carbocycles. The summed E-state index contributed by atoms with van der Waals surface area (Å²) in [6.45, 7) is 0. The van der Waals surface area contributed by atoms with Crippen molar-refractivity contribution in [3.8, 4) is 0 Å². The van der Waals surface area contributed by atoms with E-state index in [-0.39, 0.29) is 22.0 Å². The number of benzene rings is 2. The highest BCUT2D eigenvalue weighted by Crippen LogP contribution is 2.20. The minimum Gasteiger partial charge on any atom is -0.399 e. The number of carbonyl (C=O) groups excluding carboxylic acids is 1. The molecule has 0 atom stereocenters. The van der Waals surface area contributed by atoms with E-state index in [1.807, 2.05) is 0 Å². The topological polar surface area (TPSA) is 55.1 Å². The van der Waals surface area contributed by atoms with E-state index in [0.717, 1.165) is 0 Å². The third-order valence-corrected chi connectivity index (χ3v) is 2.64. The monoisotopic (exact) mass is 300 g/mol. The third kappa shape index (κ3) is 3.03. The molecule has 1 amide bonds. The number of halogens is 4. The molecule has 2 aromatic carbocycles. The van der Waals surface area contributed by atoms with Crippen molar-refractivity contribution < 1.29 is 18.0 Å². The molecular formula is C13H8ClF3N2O. The molecule has 0 fully saturated rings. The Kier molecular flexibility index (Phi) is 3.85. The standard InChI is InChI=1S/C13H8ClF3N2O/c14-7-1-6(2-8(18)3-7)13(20)19-9-4-10(15)12(17)11(16)5-9/h1-5H,18H2,(H,19,20). The minimum absolute atomic E-state index is 0.111. The summed E-state index contributed by atoms with van der Waals surface area (Å²) in [5.74, 6) is -5.07. The van der Waals surface area contributed by atoms with E-state index < -0.39 is 23.4 Å². The Morgan fingerprint density at radius 1 is 1.05 bits per heavy atom. The van der Waals surface area contributed by atoms with Gasteiger partial charge in [0.1, 0.15) is 0 Å². The molecule has 0 radical (unpaired) electrons. The maximum Gasteiger partial charge on any atom is 0.255 e. The maximum absolute atomic E-state index is 13.0. The van der Waals surface area contributed by atoms with Crippen LogP contribution >= 0.6 is 11.6 Å². The fourth-order valence-electron chi connectivity index (χ4n) is 1.57. The van der Waals surface area contributed by atoms with Crippen LogP contribution < -0.4 is 11.1 Å². The van der Waals surface area contributed by atoms with Gasteiger partial charge < -0.3 is 11.1 Å². The predicted octanol–water partition coefficient (Wildman–Crippen LogP) is 3.59. The van der Waals surface area contributed by atoms with E-state index in [2.05, 4.69) is 5.32 Å². The first-order chi connectivity index (χ1) is 9.36. The van der Waals surface area contributed by atoms with Gasteiger partial charge in [-0.1, -0.05) is 11.6 Å². The summed E-state index contributed by atoms with van der Waals surface area (Å²) in [5, 5.41) is 2.46. The highest BCUT2D eigenvalue weighted by Gasteiger charge is 2.13. The Balaban J connectivity index is 2.28. The Morgan fingerprint density at radius 3 is 2.20 bits per heavy atom. The fourth-order valence-corrected chi connectivity index (χ4v) is 1.82. The molecule has 0 aromatic heterocycles. The lowest BCUT2D eigenvalue weighted by Gasteiger charge is -2.07. The Labute approximate surface area is 117 Å². The van der Waals surface area contributed by atoms with Crippen molar-refractivity contribution in [2.45, 2.75) is 0 Å². The van der Waals surface area contributed by atoms with Gasteiger partial charge in [-0.2, -0.15) is 0 Å². The quantitative estimate of drug-likeness (QED) is 0.658. The lowest BCUT2D eigenvalue weighted by molar-refractivity contribution is 0.102. The van der Waals surface area contributed by atoms with Gasteiger partial charge in [-0.05, 0) is 18.2 Å². The molecule has 7 heteroatoms. The van der Waals surface area contributed by atoms with Crippen LogP contribution in [0.5, 0.6) is 0 Å².